The van der Waals surface area contributed by atoms with Gasteiger partial charge in [0.05, 0.1) is 6.04 Å². The Morgan fingerprint density at radius 2 is 2.00 bits per heavy atom. The summed E-state index contributed by atoms with van der Waals surface area (Å²) in [4.78, 5) is 35.4. The van der Waals surface area contributed by atoms with E-state index in [2.05, 4.69) is 26.3 Å². The van der Waals surface area contributed by atoms with Crippen molar-refractivity contribution in [2.24, 2.45) is 5.73 Å². The number of anilines is 1. The van der Waals surface area contributed by atoms with E-state index in [1.165, 1.54) is 18.2 Å². The number of rotatable bonds is 6. The van der Waals surface area contributed by atoms with Gasteiger partial charge in [0.2, 0.25) is 0 Å². The fourth-order valence-electron chi connectivity index (χ4n) is 5.07. The number of benzene rings is 1. The number of nitrogens with zero attached hydrogens (tertiary/aromatic N) is 3. The van der Waals surface area contributed by atoms with Gasteiger partial charge in [-0.25, -0.2) is 14.4 Å². The van der Waals surface area contributed by atoms with Crippen LogP contribution in [-0.4, -0.2) is 44.7 Å². The Hall–Kier alpha value is -3.13. The molecule has 2 fully saturated rings. The third-order valence-corrected chi connectivity index (χ3v) is 6.71. The summed E-state index contributed by atoms with van der Waals surface area (Å²) in [6.07, 6.45) is 7.22. The highest BCUT2D eigenvalue weighted by Crippen LogP contribution is 2.39. The summed E-state index contributed by atoms with van der Waals surface area (Å²) in [6.45, 7) is 0.762. The summed E-state index contributed by atoms with van der Waals surface area (Å²) in [7, 11) is 0. The van der Waals surface area contributed by atoms with Crippen molar-refractivity contribution in [2.75, 3.05) is 5.32 Å². The Morgan fingerprint density at radius 3 is 2.69 bits per heavy atom. The molecule has 7 nitrogen and oxygen atoms in total. The van der Waals surface area contributed by atoms with Crippen molar-refractivity contribution in [1.29, 1.82) is 0 Å². The molecule has 2 bridgehead atoms. The zero-order valence-corrected chi connectivity index (χ0v) is 17.8. The molecular formula is C24H26FN5O2. The van der Waals surface area contributed by atoms with E-state index >= 15 is 0 Å². The van der Waals surface area contributed by atoms with Crippen LogP contribution < -0.4 is 11.1 Å². The zero-order valence-electron chi connectivity index (χ0n) is 17.8. The smallest absolute Gasteiger partial charge is 0.267 e. The van der Waals surface area contributed by atoms with Gasteiger partial charge in [-0.1, -0.05) is 18.2 Å². The fraction of sp³-hybridized carbons (Fsp3) is 0.417. The number of nitrogens with one attached hydrogen (secondary N) is 1. The van der Waals surface area contributed by atoms with E-state index in [1.807, 2.05) is 12.1 Å². The third kappa shape index (κ3) is 4.14. The molecule has 32 heavy (non-hydrogen) atoms. The van der Waals surface area contributed by atoms with Gasteiger partial charge >= 0.3 is 0 Å². The van der Waals surface area contributed by atoms with Crippen molar-refractivity contribution in [3.05, 3.63) is 59.3 Å². The van der Waals surface area contributed by atoms with Crippen LogP contribution in [0, 0.1) is 5.82 Å². The molecule has 0 unspecified atom stereocenters. The Balaban J connectivity index is 1.40. The monoisotopic (exact) mass is 435 g/mol. The Morgan fingerprint density at radius 1 is 1.19 bits per heavy atom. The molecule has 0 radical (unpaired) electrons. The molecule has 1 aromatic carbocycles. The van der Waals surface area contributed by atoms with Crippen LogP contribution in [0.2, 0.25) is 0 Å². The number of nitrogens with two attached hydrogens (primary N) is 1. The Bertz CT molecular complexity index is 1080. The predicted octanol–water partition coefficient (Wildman–Crippen LogP) is 3.07. The van der Waals surface area contributed by atoms with Gasteiger partial charge in [-0.2, -0.15) is 0 Å². The van der Waals surface area contributed by atoms with Crippen molar-refractivity contribution in [3.8, 4) is 0 Å². The molecular weight excluding hydrogens is 409 g/mol. The maximum Gasteiger partial charge on any atom is 0.267 e. The number of halogens is 1. The predicted molar refractivity (Wildman–Crippen MR) is 118 cm³/mol. The lowest BCUT2D eigenvalue weighted by Gasteiger charge is -2.33. The first kappa shape index (κ1) is 20.8. The van der Waals surface area contributed by atoms with Crippen LogP contribution in [0.3, 0.4) is 0 Å². The van der Waals surface area contributed by atoms with E-state index in [-0.39, 0.29) is 29.4 Å². The SMILES string of the molecule is NC(=O)c1cc(N[C@H]2CCCC2=O)nc(C2=C[C@H]3CC[C@@H](C2)N3Cc2ccc(F)cc2)n1. The van der Waals surface area contributed by atoms with Gasteiger partial charge in [0.1, 0.15) is 17.3 Å². The van der Waals surface area contributed by atoms with Gasteiger partial charge in [0.15, 0.2) is 11.6 Å². The first-order chi connectivity index (χ1) is 15.5. The minimum absolute atomic E-state index is 0.143. The zero-order chi connectivity index (χ0) is 22.2. The van der Waals surface area contributed by atoms with Crippen molar-refractivity contribution < 1.29 is 14.0 Å². The number of aromatic nitrogens is 2. The largest absolute Gasteiger partial charge is 0.364 e. The third-order valence-electron chi connectivity index (χ3n) is 6.71. The average Bonchev–Trinajstić information content (AvgIpc) is 3.27. The lowest BCUT2D eigenvalue weighted by molar-refractivity contribution is -0.118. The minimum Gasteiger partial charge on any atom is -0.364 e. The van der Waals surface area contributed by atoms with E-state index in [9.17, 15) is 14.0 Å². The van der Waals surface area contributed by atoms with Gasteiger partial charge < -0.3 is 11.1 Å². The number of Topliss-reactive ketones (excluding diaryl/α,β-unsaturated/α-hetero) is 1. The molecule has 8 heteroatoms. The molecule has 1 aromatic heterocycles. The molecule has 3 atom stereocenters. The fourth-order valence-corrected chi connectivity index (χ4v) is 5.07. The first-order valence-corrected chi connectivity index (χ1v) is 11.2. The second kappa shape index (κ2) is 8.43. The number of fused-ring (bicyclic) bond motifs is 2. The highest BCUT2D eigenvalue weighted by atomic mass is 19.1. The number of carbonyl (C=O) groups is 2. The van der Waals surface area contributed by atoms with E-state index in [1.54, 1.807) is 0 Å². The molecule has 3 aliphatic rings. The van der Waals surface area contributed by atoms with Gasteiger partial charge in [-0.05, 0) is 55.4 Å². The van der Waals surface area contributed by atoms with E-state index in [0.717, 1.165) is 49.8 Å². The molecule has 2 aliphatic heterocycles. The lowest BCUT2D eigenvalue weighted by Crippen LogP contribution is -2.38. The van der Waals surface area contributed by atoms with Crippen LogP contribution in [0.15, 0.2) is 36.4 Å². The van der Waals surface area contributed by atoms with Crippen LogP contribution >= 0.6 is 0 Å². The van der Waals surface area contributed by atoms with E-state index in [4.69, 9.17) is 5.73 Å². The maximum atomic E-state index is 13.2. The van der Waals surface area contributed by atoms with Gasteiger partial charge in [0, 0.05) is 31.1 Å². The first-order valence-electron chi connectivity index (χ1n) is 11.2. The molecule has 1 aliphatic carbocycles. The summed E-state index contributed by atoms with van der Waals surface area (Å²) in [6, 6.07) is 8.47. The second-order valence-corrected chi connectivity index (χ2v) is 8.88. The summed E-state index contributed by atoms with van der Waals surface area (Å²) in [5, 5.41) is 3.17. The number of carbonyl (C=O) groups excluding carboxylic acids is 2. The molecule has 5 rings (SSSR count). The normalized spacial score (nSPS) is 25.1. The number of amides is 1. The number of hydrogen-bond acceptors (Lipinski definition) is 6. The van der Waals surface area contributed by atoms with Crippen molar-refractivity contribution in [1.82, 2.24) is 14.9 Å². The van der Waals surface area contributed by atoms with Crippen LogP contribution in [0.4, 0.5) is 10.2 Å². The number of primary amides is 1. The summed E-state index contributed by atoms with van der Waals surface area (Å²) >= 11 is 0. The van der Waals surface area contributed by atoms with Crippen molar-refractivity contribution in [2.45, 2.75) is 63.2 Å². The van der Waals surface area contributed by atoms with Crippen LogP contribution in [0.5, 0.6) is 0 Å². The minimum atomic E-state index is -0.619. The average molecular weight is 436 g/mol. The van der Waals surface area contributed by atoms with Crippen molar-refractivity contribution in [3.63, 3.8) is 0 Å². The summed E-state index contributed by atoms with van der Waals surface area (Å²) in [5.41, 5.74) is 7.75. The topological polar surface area (TPSA) is 101 Å². The van der Waals surface area contributed by atoms with Crippen LogP contribution in [-0.2, 0) is 11.3 Å². The number of ketones is 1. The maximum absolute atomic E-state index is 13.2. The lowest BCUT2D eigenvalue weighted by atomic mass is 9.99. The second-order valence-electron chi connectivity index (χ2n) is 8.88. The molecule has 3 heterocycles. The Labute approximate surface area is 185 Å². The Kier molecular flexibility index (Phi) is 5.46. The summed E-state index contributed by atoms with van der Waals surface area (Å²) in [5.74, 6) is 0.273. The molecule has 2 aromatic rings. The number of hydrogen-bond donors (Lipinski definition) is 2. The summed E-state index contributed by atoms with van der Waals surface area (Å²) < 4.78 is 13.2. The van der Waals surface area contributed by atoms with E-state index in [0.29, 0.717) is 24.1 Å². The van der Waals surface area contributed by atoms with Crippen LogP contribution in [0.25, 0.3) is 5.57 Å². The van der Waals surface area contributed by atoms with Gasteiger partial charge in [0.25, 0.3) is 5.91 Å². The van der Waals surface area contributed by atoms with Gasteiger partial charge in [-0.3, -0.25) is 14.5 Å². The molecule has 0 spiro atoms. The molecule has 1 amide bonds. The molecule has 166 valence electrons. The molecule has 1 saturated heterocycles. The van der Waals surface area contributed by atoms with Crippen LogP contribution in [0.1, 0.15) is 60.4 Å². The van der Waals surface area contributed by atoms with Gasteiger partial charge in [-0.15, -0.1) is 0 Å². The van der Waals surface area contributed by atoms with E-state index < -0.39 is 5.91 Å². The highest BCUT2D eigenvalue weighted by Gasteiger charge is 2.37. The highest BCUT2D eigenvalue weighted by molar-refractivity contribution is 5.92. The quantitative estimate of drug-likeness (QED) is 0.723. The standard InChI is InChI=1S/C24H26FN5O2/c25-16-6-4-14(5-7-16)13-30-17-8-9-18(30)11-15(10-17)24-28-20(23(26)32)12-22(29-24)27-19-2-1-3-21(19)31/h4-7,10,12,17-19H,1-3,8-9,11,13H2,(H2,26,32)(H,27,28,29)/t17-,18+,19+/m1/s1. The molecule has 3 N–H and O–H groups in total. The van der Waals surface area contributed by atoms with Crippen molar-refractivity contribution >= 4 is 23.1 Å². The molecule has 1 saturated carbocycles.